The number of carbonyl (C=O) groups is 1. The van der Waals surface area contributed by atoms with Crippen molar-refractivity contribution in [2.24, 2.45) is 4.99 Å². The lowest BCUT2D eigenvalue weighted by Crippen LogP contribution is -2.38. The molecule has 0 saturated carbocycles. The third-order valence-corrected chi connectivity index (χ3v) is 3.89. The van der Waals surface area contributed by atoms with Crippen LogP contribution in [0.1, 0.15) is 24.5 Å². The number of carbonyl (C=O) groups excluding carboxylic acids is 1. The number of rotatable bonds is 8. The standard InChI is InChI=1S/C21H28N4O.HI/c1-3-22-21(25(2)17-19-12-8-5-9-13-19)23-15-14-20(26)24-16-18-10-6-4-7-11-18;/h4-13H,3,14-17H2,1-2H3,(H,22,23)(H,24,26);1H. The Morgan fingerprint density at radius 3 is 2.15 bits per heavy atom. The predicted molar refractivity (Wildman–Crippen MR) is 122 cm³/mol. The minimum Gasteiger partial charge on any atom is -0.357 e. The van der Waals surface area contributed by atoms with E-state index in [1.54, 1.807) is 0 Å². The van der Waals surface area contributed by atoms with Gasteiger partial charge in [0, 0.05) is 33.1 Å². The second-order valence-corrected chi connectivity index (χ2v) is 6.09. The van der Waals surface area contributed by atoms with Gasteiger partial charge in [0.2, 0.25) is 5.91 Å². The van der Waals surface area contributed by atoms with Crippen molar-refractivity contribution in [1.29, 1.82) is 0 Å². The fourth-order valence-electron chi connectivity index (χ4n) is 2.55. The van der Waals surface area contributed by atoms with Crippen molar-refractivity contribution in [3.63, 3.8) is 0 Å². The van der Waals surface area contributed by atoms with Crippen LogP contribution in [-0.4, -0.2) is 36.9 Å². The number of nitrogens with one attached hydrogen (secondary N) is 2. The molecule has 0 bridgehead atoms. The van der Waals surface area contributed by atoms with Crippen LogP contribution in [0.5, 0.6) is 0 Å². The molecule has 1 amide bonds. The van der Waals surface area contributed by atoms with E-state index in [9.17, 15) is 4.79 Å². The van der Waals surface area contributed by atoms with Crippen molar-refractivity contribution in [2.75, 3.05) is 20.1 Å². The molecule has 2 aromatic rings. The van der Waals surface area contributed by atoms with Crippen LogP contribution in [0, 0.1) is 0 Å². The smallest absolute Gasteiger partial charge is 0.222 e. The average Bonchev–Trinajstić information content (AvgIpc) is 2.67. The summed E-state index contributed by atoms with van der Waals surface area (Å²) in [5, 5.41) is 6.21. The van der Waals surface area contributed by atoms with Crippen LogP contribution >= 0.6 is 24.0 Å². The van der Waals surface area contributed by atoms with E-state index in [2.05, 4.69) is 32.7 Å². The highest BCUT2D eigenvalue weighted by atomic mass is 127. The number of amides is 1. The SMILES string of the molecule is CCNC(=NCCC(=O)NCc1ccccc1)N(C)Cc1ccccc1.I. The van der Waals surface area contributed by atoms with Crippen LogP contribution in [0.2, 0.25) is 0 Å². The van der Waals surface area contributed by atoms with Gasteiger partial charge >= 0.3 is 0 Å². The molecular formula is C21H29IN4O. The first-order valence-electron chi connectivity index (χ1n) is 9.03. The highest BCUT2D eigenvalue weighted by Gasteiger charge is 2.07. The van der Waals surface area contributed by atoms with E-state index in [0.29, 0.717) is 19.5 Å². The lowest BCUT2D eigenvalue weighted by atomic mass is 10.2. The van der Waals surface area contributed by atoms with E-state index in [-0.39, 0.29) is 29.9 Å². The van der Waals surface area contributed by atoms with Crippen LogP contribution in [0.3, 0.4) is 0 Å². The minimum atomic E-state index is 0. The van der Waals surface area contributed by atoms with E-state index in [0.717, 1.165) is 24.6 Å². The van der Waals surface area contributed by atoms with Gasteiger partial charge in [0.25, 0.3) is 0 Å². The molecule has 27 heavy (non-hydrogen) atoms. The molecule has 0 aliphatic carbocycles. The molecule has 0 radical (unpaired) electrons. The van der Waals surface area contributed by atoms with E-state index in [1.165, 1.54) is 5.56 Å². The van der Waals surface area contributed by atoms with Crippen LogP contribution in [0.15, 0.2) is 65.7 Å². The summed E-state index contributed by atoms with van der Waals surface area (Å²) in [4.78, 5) is 18.6. The van der Waals surface area contributed by atoms with Crippen molar-refractivity contribution in [1.82, 2.24) is 15.5 Å². The summed E-state index contributed by atoms with van der Waals surface area (Å²) in [5.41, 5.74) is 2.32. The molecule has 2 rings (SSSR count). The van der Waals surface area contributed by atoms with Gasteiger partial charge in [-0.05, 0) is 18.1 Å². The zero-order valence-corrected chi connectivity index (χ0v) is 18.4. The van der Waals surface area contributed by atoms with Crippen molar-refractivity contribution in [2.45, 2.75) is 26.4 Å². The van der Waals surface area contributed by atoms with Crippen molar-refractivity contribution >= 4 is 35.8 Å². The maximum Gasteiger partial charge on any atom is 0.222 e. The fraction of sp³-hybridized carbons (Fsp3) is 0.333. The molecular weight excluding hydrogens is 451 g/mol. The monoisotopic (exact) mass is 480 g/mol. The van der Waals surface area contributed by atoms with Crippen LogP contribution < -0.4 is 10.6 Å². The van der Waals surface area contributed by atoms with Gasteiger partial charge in [0.1, 0.15) is 0 Å². The Morgan fingerprint density at radius 1 is 0.963 bits per heavy atom. The number of halogens is 1. The Bertz CT molecular complexity index is 692. The van der Waals surface area contributed by atoms with Gasteiger partial charge in [-0.15, -0.1) is 24.0 Å². The normalized spacial score (nSPS) is 10.7. The number of benzene rings is 2. The number of aliphatic imine (C=N–C) groups is 1. The lowest BCUT2D eigenvalue weighted by Gasteiger charge is -2.22. The summed E-state index contributed by atoms with van der Waals surface area (Å²) in [6.45, 7) is 4.61. The summed E-state index contributed by atoms with van der Waals surface area (Å²) in [5.74, 6) is 0.825. The zero-order chi connectivity index (χ0) is 18.6. The number of hydrogen-bond donors (Lipinski definition) is 2. The summed E-state index contributed by atoms with van der Waals surface area (Å²) in [6.07, 6.45) is 0.376. The molecule has 0 aliphatic heterocycles. The second-order valence-electron chi connectivity index (χ2n) is 6.09. The van der Waals surface area contributed by atoms with Crippen molar-refractivity contribution in [3.05, 3.63) is 71.8 Å². The summed E-state index contributed by atoms with van der Waals surface area (Å²) < 4.78 is 0. The molecule has 0 atom stereocenters. The van der Waals surface area contributed by atoms with Gasteiger partial charge in [-0.3, -0.25) is 9.79 Å². The maximum atomic E-state index is 12.0. The maximum absolute atomic E-state index is 12.0. The Morgan fingerprint density at radius 2 is 1.56 bits per heavy atom. The van der Waals surface area contributed by atoms with E-state index >= 15 is 0 Å². The van der Waals surface area contributed by atoms with Crippen LogP contribution in [-0.2, 0) is 17.9 Å². The Balaban J connectivity index is 0.00000364. The lowest BCUT2D eigenvalue weighted by molar-refractivity contribution is -0.121. The number of hydrogen-bond acceptors (Lipinski definition) is 2. The first-order valence-corrected chi connectivity index (χ1v) is 9.03. The molecule has 0 aromatic heterocycles. The third kappa shape index (κ3) is 8.90. The van der Waals surface area contributed by atoms with Gasteiger partial charge < -0.3 is 15.5 Å². The quantitative estimate of drug-likeness (QED) is 0.346. The van der Waals surface area contributed by atoms with Crippen molar-refractivity contribution < 1.29 is 4.79 Å². The van der Waals surface area contributed by atoms with E-state index in [4.69, 9.17) is 0 Å². The number of nitrogens with zero attached hydrogens (tertiary/aromatic N) is 2. The van der Waals surface area contributed by atoms with Gasteiger partial charge in [-0.2, -0.15) is 0 Å². The molecule has 0 unspecified atom stereocenters. The molecule has 5 nitrogen and oxygen atoms in total. The minimum absolute atomic E-state index is 0. The summed E-state index contributed by atoms with van der Waals surface area (Å²) in [6, 6.07) is 20.2. The average molecular weight is 480 g/mol. The van der Waals surface area contributed by atoms with Crippen molar-refractivity contribution in [3.8, 4) is 0 Å². The van der Waals surface area contributed by atoms with E-state index < -0.39 is 0 Å². The molecule has 2 aromatic carbocycles. The number of guanidine groups is 1. The second kappa shape index (κ2) is 13.1. The molecule has 0 fully saturated rings. The Kier molecular flexibility index (Phi) is 11.2. The fourth-order valence-corrected chi connectivity index (χ4v) is 2.55. The largest absolute Gasteiger partial charge is 0.357 e. The zero-order valence-electron chi connectivity index (χ0n) is 16.0. The highest BCUT2D eigenvalue weighted by Crippen LogP contribution is 2.03. The molecule has 0 saturated heterocycles. The Labute approximate surface area is 179 Å². The molecule has 0 heterocycles. The predicted octanol–water partition coefficient (Wildman–Crippen LogP) is 3.41. The first-order chi connectivity index (χ1) is 12.7. The van der Waals surface area contributed by atoms with Crippen LogP contribution in [0.4, 0.5) is 0 Å². The highest BCUT2D eigenvalue weighted by molar-refractivity contribution is 14.0. The summed E-state index contributed by atoms with van der Waals surface area (Å²) >= 11 is 0. The van der Waals surface area contributed by atoms with Gasteiger partial charge in [-0.1, -0.05) is 60.7 Å². The topological polar surface area (TPSA) is 56.7 Å². The van der Waals surface area contributed by atoms with Crippen LogP contribution in [0.25, 0.3) is 0 Å². The van der Waals surface area contributed by atoms with E-state index in [1.807, 2.05) is 62.5 Å². The first kappa shape index (κ1) is 23.0. The molecule has 146 valence electrons. The molecule has 0 aliphatic rings. The molecule has 6 heteroatoms. The van der Waals surface area contributed by atoms with Gasteiger partial charge in [0.05, 0.1) is 6.54 Å². The third-order valence-electron chi connectivity index (χ3n) is 3.89. The summed E-state index contributed by atoms with van der Waals surface area (Å²) in [7, 11) is 2.00. The Hall–Kier alpha value is -2.09. The van der Waals surface area contributed by atoms with Gasteiger partial charge in [-0.25, -0.2) is 0 Å². The van der Waals surface area contributed by atoms with Gasteiger partial charge in [0.15, 0.2) is 5.96 Å². The molecule has 2 N–H and O–H groups in total. The molecule has 0 spiro atoms.